The quantitative estimate of drug-likeness (QED) is 0.613. The van der Waals surface area contributed by atoms with E-state index >= 15 is 0 Å². The fraction of sp³-hybridized carbons (Fsp3) is 0.364. The van der Waals surface area contributed by atoms with Crippen LogP contribution in [0, 0.1) is 6.92 Å². The first kappa shape index (κ1) is 9.90. The molecule has 2 nitrogen and oxygen atoms in total. The van der Waals surface area contributed by atoms with Crippen LogP contribution >= 0.6 is 0 Å². The Balaban J connectivity index is 3.13. The van der Waals surface area contributed by atoms with Crippen molar-refractivity contribution in [1.29, 1.82) is 0 Å². The summed E-state index contributed by atoms with van der Waals surface area (Å²) in [6, 6.07) is 3.36. The second kappa shape index (κ2) is 3.29. The number of carbonyl (C=O) groups is 1. The van der Waals surface area contributed by atoms with Gasteiger partial charge in [-0.05, 0) is 12.1 Å². The molecule has 2 heteroatoms. The fourth-order valence-corrected chi connectivity index (χ4v) is 0.994. The summed E-state index contributed by atoms with van der Waals surface area (Å²) in [5.74, 6) is -0.409. The maximum absolute atomic E-state index is 10.9. The highest BCUT2D eigenvalue weighted by molar-refractivity contribution is 5.99. The Morgan fingerprint density at radius 2 is 2.08 bits per heavy atom. The molecule has 0 aromatic carbocycles. The van der Waals surface area contributed by atoms with Gasteiger partial charge in [0.15, 0.2) is 5.78 Å². The molecular weight excluding hydrogens is 162 g/mol. The molecule has 0 unspecified atom stereocenters. The van der Waals surface area contributed by atoms with E-state index in [2.05, 4.69) is 4.98 Å². The summed E-state index contributed by atoms with van der Waals surface area (Å²) in [4.78, 5) is 15.1. The predicted octanol–water partition coefficient (Wildman–Crippen LogP) is 2.27. The van der Waals surface area contributed by atoms with E-state index in [0.717, 1.165) is 5.69 Å². The van der Waals surface area contributed by atoms with Crippen molar-refractivity contribution in [1.82, 2.24) is 4.98 Å². The minimum atomic E-state index is -0.409. The maximum Gasteiger partial charge on any atom is 0.167 e. The first-order valence-corrected chi connectivity index (χ1v) is 4.17. The number of hydrogen-bond acceptors (Lipinski definition) is 2. The van der Waals surface area contributed by atoms with Crippen molar-refractivity contribution in [3.05, 3.63) is 36.5 Å². The molecule has 68 valence electrons. The summed E-state index contributed by atoms with van der Waals surface area (Å²) < 4.78 is 0. The van der Waals surface area contributed by atoms with E-state index in [0.29, 0.717) is 5.56 Å². The second-order valence-corrected chi connectivity index (χ2v) is 4.04. The van der Waals surface area contributed by atoms with Crippen LogP contribution in [-0.2, 0) is 5.41 Å². The van der Waals surface area contributed by atoms with E-state index in [9.17, 15) is 4.79 Å². The van der Waals surface area contributed by atoms with Crippen molar-refractivity contribution in [3.8, 4) is 0 Å². The zero-order valence-corrected chi connectivity index (χ0v) is 8.16. The van der Waals surface area contributed by atoms with Crippen molar-refractivity contribution in [2.75, 3.05) is 0 Å². The molecule has 0 saturated heterocycles. The van der Waals surface area contributed by atoms with Crippen molar-refractivity contribution in [3.63, 3.8) is 0 Å². The summed E-state index contributed by atoms with van der Waals surface area (Å²) in [7, 11) is 0. The van der Waals surface area contributed by atoms with Gasteiger partial charge in [-0.1, -0.05) is 20.8 Å². The largest absolute Gasteiger partial charge is 0.294 e. The Bertz CT molecular complexity index is 323. The number of rotatable bonds is 1. The molecule has 1 heterocycles. The average molecular weight is 175 g/mol. The number of nitrogens with zero attached hydrogens (tertiary/aromatic N) is 1. The normalized spacial score (nSPS) is 11.4. The van der Waals surface area contributed by atoms with Crippen LogP contribution in [-0.4, -0.2) is 10.8 Å². The standard InChI is InChI=1S/C11H13NO/c1-8(13)9-5-6-12-10(7-9)11(2,3)4/h1,5-7H,2-4H3. The fourth-order valence-electron chi connectivity index (χ4n) is 0.994. The Hall–Kier alpha value is -1.18. The number of ketones is 1. The smallest absolute Gasteiger partial charge is 0.167 e. The van der Waals surface area contributed by atoms with E-state index in [4.69, 9.17) is 6.92 Å². The van der Waals surface area contributed by atoms with Crippen LogP contribution in [0.3, 0.4) is 0 Å². The minimum absolute atomic E-state index is 0.0501. The summed E-state index contributed by atoms with van der Waals surface area (Å²) >= 11 is 0. The lowest BCUT2D eigenvalue weighted by atomic mass is 9.90. The minimum Gasteiger partial charge on any atom is -0.294 e. The molecular formula is C11H13NO. The molecule has 0 aliphatic heterocycles. The van der Waals surface area contributed by atoms with Gasteiger partial charge < -0.3 is 0 Å². The zero-order chi connectivity index (χ0) is 10.1. The third kappa shape index (κ3) is 2.38. The highest BCUT2D eigenvalue weighted by atomic mass is 16.1. The molecule has 1 aromatic rings. The van der Waals surface area contributed by atoms with Crippen molar-refractivity contribution < 1.29 is 4.79 Å². The summed E-state index contributed by atoms with van der Waals surface area (Å²) in [6.07, 6.45) is 1.61. The molecule has 0 aliphatic rings. The van der Waals surface area contributed by atoms with Crippen LogP contribution in [0.25, 0.3) is 0 Å². The highest BCUT2D eigenvalue weighted by Gasteiger charge is 2.15. The van der Waals surface area contributed by atoms with Gasteiger partial charge in [0.05, 0.1) is 0 Å². The van der Waals surface area contributed by atoms with Crippen molar-refractivity contribution >= 4 is 5.78 Å². The highest BCUT2D eigenvalue weighted by Crippen LogP contribution is 2.20. The third-order valence-corrected chi connectivity index (χ3v) is 1.81. The van der Waals surface area contributed by atoms with Gasteiger partial charge in [-0.15, -0.1) is 0 Å². The van der Waals surface area contributed by atoms with Crippen LogP contribution in [0.5, 0.6) is 0 Å². The van der Waals surface area contributed by atoms with Gasteiger partial charge in [-0.3, -0.25) is 9.78 Å². The third-order valence-electron chi connectivity index (χ3n) is 1.81. The molecule has 0 bridgehead atoms. The average Bonchev–Trinajstić information content (AvgIpc) is 2.03. The Kier molecular flexibility index (Phi) is 2.50. The molecule has 0 atom stereocenters. The van der Waals surface area contributed by atoms with Gasteiger partial charge in [-0.2, -0.15) is 0 Å². The molecule has 0 aliphatic carbocycles. The first-order valence-electron chi connectivity index (χ1n) is 4.17. The molecule has 13 heavy (non-hydrogen) atoms. The van der Waals surface area contributed by atoms with Crippen molar-refractivity contribution in [2.45, 2.75) is 26.2 Å². The van der Waals surface area contributed by atoms with E-state index < -0.39 is 5.78 Å². The Morgan fingerprint density at radius 1 is 1.46 bits per heavy atom. The molecule has 0 N–H and O–H groups in total. The molecule has 2 radical (unpaired) electrons. The van der Waals surface area contributed by atoms with Crippen LogP contribution in [0.2, 0.25) is 0 Å². The van der Waals surface area contributed by atoms with Gasteiger partial charge in [0.2, 0.25) is 0 Å². The van der Waals surface area contributed by atoms with Crippen LogP contribution < -0.4 is 0 Å². The Labute approximate surface area is 79.0 Å². The molecule has 0 spiro atoms. The van der Waals surface area contributed by atoms with Gasteiger partial charge in [0, 0.05) is 29.8 Å². The number of carbonyl (C=O) groups excluding carboxylic acids is 1. The number of aromatic nitrogens is 1. The van der Waals surface area contributed by atoms with Crippen molar-refractivity contribution in [2.24, 2.45) is 0 Å². The molecule has 0 amide bonds. The summed E-state index contributed by atoms with van der Waals surface area (Å²) in [5.41, 5.74) is 1.34. The molecule has 1 rings (SSSR count). The molecule has 1 aromatic heterocycles. The lowest BCUT2D eigenvalue weighted by molar-refractivity contribution is 0.104. The topological polar surface area (TPSA) is 30.0 Å². The zero-order valence-electron chi connectivity index (χ0n) is 8.16. The predicted molar refractivity (Wildman–Crippen MR) is 51.6 cm³/mol. The first-order chi connectivity index (χ1) is 5.91. The monoisotopic (exact) mass is 175 g/mol. The summed E-state index contributed by atoms with van der Waals surface area (Å²) in [5, 5.41) is 0. The number of hydrogen-bond donors (Lipinski definition) is 0. The SMILES string of the molecule is [CH]C(=O)c1ccnc(C(C)(C)C)c1. The number of Topliss-reactive ketones (excluding diaryl/α,β-unsaturated/α-hetero) is 1. The van der Waals surface area contributed by atoms with Gasteiger partial charge >= 0.3 is 0 Å². The Morgan fingerprint density at radius 3 is 2.54 bits per heavy atom. The molecule has 0 fully saturated rings. The van der Waals surface area contributed by atoms with Crippen LogP contribution in [0.1, 0.15) is 36.8 Å². The molecule has 0 saturated carbocycles. The number of pyridine rings is 1. The maximum atomic E-state index is 10.9. The lowest BCUT2D eigenvalue weighted by Gasteiger charge is -2.17. The van der Waals surface area contributed by atoms with Crippen LogP contribution in [0.15, 0.2) is 18.3 Å². The van der Waals surface area contributed by atoms with E-state index in [-0.39, 0.29) is 5.41 Å². The lowest BCUT2D eigenvalue weighted by Crippen LogP contribution is -2.14. The van der Waals surface area contributed by atoms with E-state index in [1.165, 1.54) is 0 Å². The van der Waals surface area contributed by atoms with Gasteiger partial charge in [-0.25, -0.2) is 0 Å². The summed E-state index contributed by atoms with van der Waals surface area (Å²) in [6.45, 7) is 11.3. The van der Waals surface area contributed by atoms with E-state index in [1.54, 1.807) is 18.3 Å². The van der Waals surface area contributed by atoms with Gasteiger partial charge in [0.1, 0.15) is 0 Å². The van der Waals surface area contributed by atoms with Gasteiger partial charge in [0.25, 0.3) is 0 Å². The van der Waals surface area contributed by atoms with E-state index in [1.807, 2.05) is 20.8 Å². The van der Waals surface area contributed by atoms with Crippen LogP contribution in [0.4, 0.5) is 0 Å². The second-order valence-electron chi connectivity index (χ2n) is 4.04.